The topological polar surface area (TPSA) is 176 Å². The third-order valence-corrected chi connectivity index (χ3v) is 11.0. The Bertz CT molecular complexity index is 2610. The minimum atomic E-state index is -0.134. The highest BCUT2D eigenvalue weighted by molar-refractivity contribution is 5.93. The van der Waals surface area contributed by atoms with Gasteiger partial charge in [-0.05, 0) is 111 Å². The number of piperidine rings is 2. The van der Waals surface area contributed by atoms with Crippen LogP contribution in [0.4, 0.5) is 11.6 Å². The van der Waals surface area contributed by atoms with Crippen LogP contribution in [0.5, 0.6) is 17.2 Å². The molecule has 0 spiro atoms. The van der Waals surface area contributed by atoms with E-state index in [9.17, 15) is 15.0 Å². The van der Waals surface area contributed by atoms with Gasteiger partial charge < -0.3 is 35.8 Å². The van der Waals surface area contributed by atoms with E-state index in [0.717, 1.165) is 96.4 Å². The lowest BCUT2D eigenvalue weighted by Crippen LogP contribution is -2.46. The fraction of sp³-hybridized carbons (Fsp3) is 0.277. The number of phenols is 2. The van der Waals surface area contributed by atoms with Gasteiger partial charge in [0, 0.05) is 61.4 Å². The number of aryl methyl sites for hydroxylation is 2. The van der Waals surface area contributed by atoms with Crippen molar-refractivity contribution in [3.63, 3.8) is 0 Å². The van der Waals surface area contributed by atoms with Crippen molar-refractivity contribution in [2.75, 3.05) is 42.6 Å². The largest absolute Gasteiger partial charge is 0.507 e. The maximum absolute atomic E-state index is 12.4. The standard InChI is InChI=1S/C27H27N5O3.C20H22N4O/c1-18-6-7-21-23(16-18)30-26(22-4-2-3-5-24(22)33)31-27(21)32-14-10-19(11-15-32)29-25(34)17-35-20-8-12-28-13-9-20;1-13-6-7-15-17(12-13)22-19(16-4-2-3-5-18(16)25)23-20(15)24-10-8-14(21)9-11-24/h2-9,12-13,16,19,33H,10-11,14-15,17H2,1H3,(H,29,34);2-7,12,14,25H,8-11,21H2,1H3. The summed E-state index contributed by atoms with van der Waals surface area (Å²) in [7, 11) is 0. The Labute approximate surface area is 348 Å². The van der Waals surface area contributed by atoms with E-state index < -0.39 is 0 Å². The number of nitrogens with one attached hydrogen (secondary N) is 1. The van der Waals surface area contributed by atoms with Crippen LogP contribution in [0.2, 0.25) is 0 Å². The smallest absolute Gasteiger partial charge is 0.258 e. The van der Waals surface area contributed by atoms with Crippen molar-refractivity contribution in [2.45, 2.75) is 51.6 Å². The van der Waals surface area contributed by atoms with Crippen LogP contribution in [0.25, 0.3) is 44.6 Å². The molecule has 60 heavy (non-hydrogen) atoms. The number of amides is 1. The summed E-state index contributed by atoms with van der Waals surface area (Å²) in [5.74, 6) is 3.67. The van der Waals surface area contributed by atoms with Gasteiger partial charge in [-0.3, -0.25) is 9.78 Å². The molecule has 0 saturated carbocycles. The lowest BCUT2D eigenvalue weighted by atomic mass is 10.0. The van der Waals surface area contributed by atoms with Gasteiger partial charge in [-0.15, -0.1) is 0 Å². The molecule has 13 heteroatoms. The second-order valence-electron chi connectivity index (χ2n) is 15.4. The minimum absolute atomic E-state index is 0.0238. The van der Waals surface area contributed by atoms with Crippen molar-refractivity contribution in [2.24, 2.45) is 5.73 Å². The predicted molar refractivity (Wildman–Crippen MR) is 235 cm³/mol. The zero-order valence-corrected chi connectivity index (χ0v) is 33.8. The number of benzene rings is 4. The first-order chi connectivity index (χ1) is 29.2. The van der Waals surface area contributed by atoms with E-state index in [-0.39, 0.29) is 36.1 Å². The van der Waals surface area contributed by atoms with Crippen molar-refractivity contribution >= 4 is 39.3 Å². The number of para-hydroxylation sites is 2. The summed E-state index contributed by atoms with van der Waals surface area (Å²) in [6, 6.07) is 30.5. The summed E-state index contributed by atoms with van der Waals surface area (Å²) in [5, 5.41) is 25.7. The molecular formula is C47H49N9O4. The molecule has 2 aliphatic rings. The second-order valence-corrected chi connectivity index (χ2v) is 15.4. The van der Waals surface area contributed by atoms with E-state index in [4.69, 9.17) is 30.4 Å². The Morgan fingerprint density at radius 3 is 1.67 bits per heavy atom. The van der Waals surface area contributed by atoms with Crippen molar-refractivity contribution in [1.82, 2.24) is 30.2 Å². The maximum Gasteiger partial charge on any atom is 0.258 e. The molecule has 0 bridgehead atoms. The Morgan fingerprint density at radius 1 is 0.683 bits per heavy atom. The van der Waals surface area contributed by atoms with Gasteiger partial charge in [0.05, 0.1) is 22.2 Å². The summed E-state index contributed by atoms with van der Waals surface area (Å²) < 4.78 is 5.52. The van der Waals surface area contributed by atoms with Crippen LogP contribution in [0.15, 0.2) is 109 Å². The lowest BCUT2D eigenvalue weighted by molar-refractivity contribution is -0.123. The number of nitrogens with two attached hydrogens (primary N) is 1. The van der Waals surface area contributed by atoms with Gasteiger partial charge in [0.15, 0.2) is 18.3 Å². The summed E-state index contributed by atoms with van der Waals surface area (Å²) in [5.41, 5.74) is 11.3. The molecule has 1 amide bonds. The van der Waals surface area contributed by atoms with E-state index in [0.29, 0.717) is 28.5 Å². The lowest BCUT2D eigenvalue weighted by Gasteiger charge is -2.34. The number of carbonyl (C=O) groups excluding carboxylic acids is 1. The molecular weight excluding hydrogens is 755 g/mol. The summed E-state index contributed by atoms with van der Waals surface area (Å²) >= 11 is 0. The molecule has 0 unspecified atom stereocenters. The van der Waals surface area contributed by atoms with Gasteiger partial charge in [-0.25, -0.2) is 19.9 Å². The highest BCUT2D eigenvalue weighted by Crippen LogP contribution is 2.35. The number of aromatic nitrogens is 5. The fourth-order valence-corrected chi connectivity index (χ4v) is 7.69. The third kappa shape index (κ3) is 9.21. The third-order valence-electron chi connectivity index (χ3n) is 11.0. The van der Waals surface area contributed by atoms with E-state index in [1.54, 1.807) is 48.8 Å². The van der Waals surface area contributed by atoms with Crippen LogP contribution in [0.3, 0.4) is 0 Å². The zero-order valence-electron chi connectivity index (χ0n) is 33.8. The number of pyridine rings is 1. The van der Waals surface area contributed by atoms with Crippen LogP contribution in [0.1, 0.15) is 36.8 Å². The Kier molecular flexibility index (Phi) is 12.0. The summed E-state index contributed by atoms with van der Waals surface area (Å²) in [6.07, 6.45) is 6.78. The molecule has 3 aromatic heterocycles. The van der Waals surface area contributed by atoms with Crippen LogP contribution in [0, 0.1) is 13.8 Å². The molecule has 7 aromatic rings. The Hall–Kier alpha value is -6.86. The highest BCUT2D eigenvalue weighted by Gasteiger charge is 2.25. The second kappa shape index (κ2) is 18.0. The van der Waals surface area contributed by atoms with Crippen LogP contribution in [-0.2, 0) is 4.79 Å². The number of hydrogen-bond donors (Lipinski definition) is 4. The van der Waals surface area contributed by atoms with Crippen molar-refractivity contribution < 1.29 is 19.7 Å². The molecule has 4 aromatic carbocycles. The fourth-order valence-electron chi connectivity index (χ4n) is 7.69. The number of ether oxygens (including phenoxy) is 1. The van der Waals surface area contributed by atoms with Gasteiger partial charge in [-0.2, -0.15) is 0 Å². The summed E-state index contributed by atoms with van der Waals surface area (Å²) in [6.45, 7) is 7.34. The van der Waals surface area contributed by atoms with Crippen molar-refractivity contribution in [3.8, 4) is 40.0 Å². The molecule has 0 radical (unpaired) electrons. The van der Waals surface area contributed by atoms with Crippen LogP contribution in [-0.4, -0.2) is 85.9 Å². The first-order valence-electron chi connectivity index (χ1n) is 20.4. The Morgan fingerprint density at radius 2 is 1.17 bits per heavy atom. The van der Waals surface area contributed by atoms with E-state index in [2.05, 4.69) is 57.4 Å². The molecule has 306 valence electrons. The van der Waals surface area contributed by atoms with Gasteiger partial charge in [0.1, 0.15) is 28.9 Å². The number of phenolic OH excluding ortho intramolecular Hbond substituents is 2. The number of nitrogens with zero attached hydrogens (tertiary/aromatic N) is 7. The summed E-state index contributed by atoms with van der Waals surface area (Å²) in [4.78, 5) is 40.0. The molecule has 2 saturated heterocycles. The van der Waals surface area contributed by atoms with Crippen LogP contribution >= 0.6 is 0 Å². The number of carbonyl (C=O) groups is 1. The molecule has 13 nitrogen and oxygen atoms in total. The van der Waals surface area contributed by atoms with E-state index in [1.807, 2.05) is 37.3 Å². The number of aromatic hydroxyl groups is 2. The average molecular weight is 804 g/mol. The monoisotopic (exact) mass is 803 g/mol. The molecule has 9 rings (SSSR count). The first kappa shape index (κ1) is 39.9. The number of fused-ring (bicyclic) bond motifs is 2. The first-order valence-corrected chi connectivity index (χ1v) is 20.4. The molecule has 2 aliphatic heterocycles. The number of rotatable bonds is 8. The van der Waals surface area contributed by atoms with E-state index in [1.165, 1.54) is 0 Å². The van der Waals surface area contributed by atoms with Crippen molar-refractivity contribution in [1.29, 1.82) is 0 Å². The normalized spacial score (nSPS) is 14.8. The number of hydrogen-bond acceptors (Lipinski definition) is 12. The minimum Gasteiger partial charge on any atom is -0.507 e. The van der Waals surface area contributed by atoms with Gasteiger partial charge in [0.25, 0.3) is 5.91 Å². The Balaban J connectivity index is 0.000000176. The highest BCUT2D eigenvalue weighted by atomic mass is 16.5. The maximum atomic E-state index is 12.4. The van der Waals surface area contributed by atoms with Crippen molar-refractivity contribution in [3.05, 3.63) is 121 Å². The quantitative estimate of drug-likeness (QED) is 0.123. The molecule has 5 N–H and O–H groups in total. The van der Waals surface area contributed by atoms with E-state index >= 15 is 0 Å². The number of anilines is 2. The molecule has 5 heterocycles. The molecule has 2 fully saturated rings. The molecule has 0 aliphatic carbocycles. The van der Waals surface area contributed by atoms with Crippen LogP contribution < -0.4 is 25.6 Å². The van der Waals surface area contributed by atoms with Gasteiger partial charge in [0.2, 0.25) is 0 Å². The average Bonchev–Trinajstić information content (AvgIpc) is 3.26. The predicted octanol–water partition coefficient (Wildman–Crippen LogP) is 7.11. The van der Waals surface area contributed by atoms with Gasteiger partial charge in [-0.1, -0.05) is 36.4 Å². The zero-order chi connectivity index (χ0) is 41.6. The SMILES string of the molecule is Cc1ccc2c(N3CCC(N)CC3)nc(-c3ccccc3O)nc2c1.Cc1ccc2c(N3CCC(NC(=O)COc4ccncc4)CC3)nc(-c3ccccc3O)nc2c1. The molecule has 0 atom stereocenters. The van der Waals surface area contributed by atoms with Gasteiger partial charge >= 0.3 is 0 Å².